The van der Waals surface area contributed by atoms with E-state index in [-0.39, 0.29) is 0 Å². The molecule has 2 rings (SSSR count). The molecule has 0 fully saturated rings. The standard InChI is InChI=1S/C15H20BrN3/c1-9-6-10(2)13(11(3)7-9)15-14(16)12(8-17-4)18-19(15)5/h6-7,17H,8H2,1-5H3. The summed E-state index contributed by atoms with van der Waals surface area (Å²) >= 11 is 3.70. The summed E-state index contributed by atoms with van der Waals surface area (Å²) in [5.74, 6) is 0. The average molecular weight is 322 g/mol. The lowest BCUT2D eigenvalue weighted by Crippen LogP contribution is -2.06. The highest BCUT2D eigenvalue weighted by Crippen LogP contribution is 2.35. The maximum atomic E-state index is 4.59. The van der Waals surface area contributed by atoms with Crippen LogP contribution in [0.3, 0.4) is 0 Å². The second-order valence-electron chi connectivity index (χ2n) is 5.04. The van der Waals surface area contributed by atoms with E-state index in [1.165, 1.54) is 22.3 Å². The van der Waals surface area contributed by atoms with E-state index >= 15 is 0 Å². The van der Waals surface area contributed by atoms with Gasteiger partial charge in [0.15, 0.2) is 0 Å². The average Bonchev–Trinajstić information content (AvgIpc) is 2.56. The Morgan fingerprint density at radius 3 is 2.32 bits per heavy atom. The van der Waals surface area contributed by atoms with Gasteiger partial charge in [-0.1, -0.05) is 17.7 Å². The van der Waals surface area contributed by atoms with Gasteiger partial charge in [0.25, 0.3) is 0 Å². The van der Waals surface area contributed by atoms with Crippen LogP contribution in [0.2, 0.25) is 0 Å². The first-order chi connectivity index (χ1) is 8.95. The first kappa shape index (κ1) is 14.3. The largest absolute Gasteiger partial charge is 0.314 e. The summed E-state index contributed by atoms with van der Waals surface area (Å²) in [6.07, 6.45) is 0. The van der Waals surface area contributed by atoms with Gasteiger partial charge in [-0.15, -0.1) is 0 Å². The molecular formula is C15H20BrN3. The fourth-order valence-corrected chi connectivity index (χ4v) is 3.33. The van der Waals surface area contributed by atoms with Crippen molar-refractivity contribution < 1.29 is 0 Å². The maximum absolute atomic E-state index is 4.59. The zero-order chi connectivity index (χ0) is 14.2. The highest BCUT2D eigenvalue weighted by molar-refractivity contribution is 9.10. The van der Waals surface area contributed by atoms with Crippen LogP contribution in [0.25, 0.3) is 11.3 Å². The monoisotopic (exact) mass is 321 g/mol. The number of nitrogens with one attached hydrogen (secondary N) is 1. The molecule has 0 unspecified atom stereocenters. The van der Waals surface area contributed by atoms with Crippen molar-refractivity contribution in [3.63, 3.8) is 0 Å². The molecule has 0 radical (unpaired) electrons. The normalized spacial score (nSPS) is 11.1. The maximum Gasteiger partial charge on any atom is 0.0910 e. The Labute approximate surface area is 123 Å². The molecule has 1 N–H and O–H groups in total. The molecule has 0 aliphatic rings. The van der Waals surface area contributed by atoms with Gasteiger partial charge in [-0.2, -0.15) is 5.10 Å². The molecule has 0 atom stereocenters. The lowest BCUT2D eigenvalue weighted by molar-refractivity contribution is 0.715. The highest BCUT2D eigenvalue weighted by atomic mass is 79.9. The van der Waals surface area contributed by atoms with Gasteiger partial charge in [0.2, 0.25) is 0 Å². The van der Waals surface area contributed by atoms with Gasteiger partial charge in [-0.05, 0) is 54.9 Å². The molecule has 0 aliphatic heterocycles. The van der Waals surface area contributed by atoms with E-state index in [1.54, 1.807) is 0 Å². The third-order valence-corrected chi connectivity index (χ3v) is 4.15. The zero-order valence-corrected chi connectivity index (χ0v) is 13.7. The van der Waals surface area contributed by atoms with Crippen LogP contribution in [0, 0.1) is 20.8 Å². The number of nitrogens with zero attached hydrogens (tertiary/aromatic N) is 2. The molecule has 1 aromatic heterocycles. The Morgan fingerprint density at radius 1 is 1.21 bits per heavy atom. The van der Waals surface area contributed by atoms with Crippen molar-refractivity contribution in [1.82, 2.24) is 15.1 Å². The first-order valence-electron chi connectivity index (χ1n) is 6.40. The van der Waals surface area contributed by atoms with E-state index in [1.807, 2.05) is 18.8 Å². The Morgan fingerprint density at radius 2 is 1.79 bits per heavy atom. The predicted molar refractivity (Wildman–Crippen MR) is 83.3 cm³/mol. The summed E-state index contributed by atoms with van der Waals surface area (Å²) in [6, 6.07) is 4.44. The van der Waals surface area contributed by atoms with Crippen LogP contribution in [0.1, 0.15) is 22.4 Å². The van der Waals surface area contributed by atoms with Crippen molar-refractivity contribution in [3.8, 4) is 11.3 Å². The molecule has 0 saturated carbocycles. The van der Waals surface area contributed by atoms with E-state index < -0.39 is 0 Å². The molecule has 2 aromatic rings. The lowest BCUT2D eigenvalue weighted by Gasteiger charge is -2.12. The topological polar surface area (TPSA) is 29.9 Å². The smallest absolute Gasteiger partial charge is 0.0910 e. The van der Waals surface area contributed by atoms with Crippen LogP contribution in [0.5, 0.6) is 0 Å². The van der Waals surface area contributed by atoms with Crippen LogP contribution in [-0.4, -0.2) is 16.8 Å². The molecule has 1 aromatic carbocycles. The van der Waals surface area contributed by atoms with E-state index in [2.05, 4.69) is 59.2 Å². The molecule has 102 valence electrons. The molecule has 0 bridgehead atoms. The van der Waals surface area contributed by atoms with Crippen LogP contribution in [0.4, 0.5) is 0 Å². The zero-order valence-electron chi connectivity index (χ0n) is 12.1. The molecule has 3 nitrogen and oxygen atoms in total. The quantitative estimate of drug-likeness (QED) is 0.937. The molecule has 0 aliphatic carbocycles. The van der Waals surface area contributed by atoms with Crippen molar-refractivity contribution >= 4 is 15.9 Å². The highest BCUT2D eigenvalue weighted by Gasteiger charge is 2.18. The summed E-state index contributed by atoms with van der Waals surface area (Å²) in [5.41, 5.74) is 7.34. The van der Waals surface area contributed by atoms with E-state index in [4.69, 9.17) is 0 Å². The van der Waals surface area contributed by atoms with Crippen molar-refractivity contribution in [2.45, 2.75) is 27.3 Å². The second-order valence-corrected chi connectivity index (χ2v) is 5.83. The van der Waals surface area contributed by atoms with Gasteiger partial charge >= 0.3 is 0 Å². The fraction of sp³-hybridized carbons (Fsp3) is 0.400. The number of rotatable bonds is 3. The summed E-state index contributed by atoms with van der Waals surface area (Å²) in [7, 11) is 3.93. The number of benzene rings is 1. The minimum atomic E-state index is 0.762. The second kappa shape index (κ2) is 5.47. The third-order valence-electron chi connectivity index (χ3n) is 3.31. The van der Waals surface area contributed by atoms with Gasteiger partial charge in [-0.25, -0.2) is 0 Å². The van der Waals surface area contributed by atoms with E-state index in [0.29, 0.717) is 0 Å². The Bertz CT molecular complexity index is 591. The van der Waals surface area contributed by atoms with Gasteiger partial charge in [-0.3, -0.25) is 4.68 Å². The van der Waals surface area contributed by atoms with E-state index in [9.17, 15) is 0 Å². The van der Waals surface area contributed by atoms with Gasteiger partial charge < -0.3 is 5.32 Å². The summed E-state index contributed by atoms with van der Waals surface area (Å²) < 4.78 is 3.04. The number of halogens is 1. The molecule has 4 heteroatoms. The number of aryl methyl sites for hydroxylation is 4. The van der Waals surface area contributed by atoms with Crippen molar-refractivity contribution in [3.05, 3.63) is 39.0 Å². The lowest BCUT2D eigenvalue weighted by atomic mass is 9.97. The molecule has 0 amide bonds. The van der Waals surface area contributed by atoms with Crippen molar-refractivity contribution in [1.29, 1.82) is 0 Å². The minimum absolute atomic E-state index is 0.762. The van der Waals surface area contributed by atoms with Crippen LogP contribution in [0.15, 0.2) is 16.6 Å². The number of hydrogen-bond acceptors (Lipinski definition) is 2. The Balaban J connectivity index is 2.66. The van der Waals surface area contributed by atoms with Gasteiger partial charge in [0, 0.05) is 19.2 Å². The SMILES string of the molecule is CNCc1nn(C)c(-c2c(C)cc(C)cc2C)c1Br. The Hall–Kier alpha value is -1.13. The molecular weight excluding hydrogens is 302 g/mol. The van der Waals surface area contributed by atoms with Crippen LogP contribution < -0.4 is 5.32 Å². The summed E-state index contributed by atoms with van der Waals surface area (Å²) in [4.78, 5) is 0. The van der Waals surface area contributed by atoms with Crippen molar-refractivity contribution in [2.75, 3.05) is 7.05 Å². The number of aromatic nitrogens is 2. The molecule has 19 heavy (non-hydrogen) atoms. The van der Waals surface area contributed by atoms with Crippen LogP contribution >= 0.6 is 15.9 Å². The molecule has 0 saturated heterocycles. The molecule has 0 spiro atoms. The van der Waals surface area contributed by atoms with Gasteiger partial charge in [0.1, 0.15) is 0 Å². The van der Waals surface area contributed by atoms with Crippen LogP contribution in [-0.2, 0) is 13.6 Å². The minimum Gasteiger partial charge on any atom is -0.314 e. The fourth-order valence-electron chi connectivity index (χ4n) is 2.66. The first-order valence-corrected chi connectivity index (χ1v) is 7.19. The van der Waals surface area contributed by atoms with E-state index in [0.717, 1.165) is 22.4 Å². The number of hydrogen-bond donors (Lipinski definition) is 1. The molecule has 1 heterocycles. The summed E-state index contributed by atoms with van der Waals surface area (Å²) in [6.45, 7) is 7.21. The third kappa shape index (κ3) is 2.60. The van der Waals surface area contributed by atoms with Gasteiger partial charge in [0.05, 0.1) is 15.9 Å². The van der Waals surface area contributed by atoms with Crippen molar-refractivity contribution in [2.24, 2.45) is 7.05 Å². The summed E-state index contributed by atoms with van der Waals surface area (Å²) in [5, 5.41) is 7.74. The Kier molecular flexibility index (Phi) is 4.11. The predicted octanol–water partition coefficient (Wildman–Crippen LogP) is 3.49.